The van der Waals surface area contributed by atoms with Crippen LogP contribution in [-0.4, -0.2) is 29.6 Å². The molecule has 0 spiro atoms. The number of carbonyl (C=O) groups is 1. The minimum absolute atomic E-state index is 0.278. The average molecular weight is 193 g/mol. The number of rotatable bonds is 2. The molecular weight excluding hydrogens is 182 g/mol. The lowest BCUT2D eigenvalue weighted by Crippen LogP contribution is -2.47. The van der Waals surface area contributed by atoms with Crippen LogP contribution in [0.15, 0.2) is 12.1 Å². The summed E-state index contributed by atoms with van der Waals surface area (Å²) in [6, 6.07) is 3.33. The predicted molar refractivity (Wildman–Crippen MR) is 49.1 cm³/mol. The number of aliphatic hydroxyl groups is 1. The minimum Gasteiger partial charge on any atom is -0.379 e. The second-order valence-electron chi connectivity index (χ2n) is 3.51. The van der Waals surface area contributed by atoms with Crippen molar-refractivity contribution in [1.29, 1.82) is 0 Å². The molecule has 74 valence electrons. The zero-order chi connectivity index (χ0) is 10.2. The summed E-state index contributed by atoms with van der Waals surface area (Å²) in [6.45, 7) is 2.30. The Balaban J connectivity index is 2.37. The highest BCUT2D eigenvalue weighted by Gasteiger charge is 2.39. The van der Waals surface area contributed by atoms with Crippen molar-refractivity contribution >= 4 is 6.29 Å². The molecule has 1 aliphatic heterocycles. The summed E-state index contributed by atoms with van der Waals surface area (Å²) in [5.41, 5.74) is 0.814. The van der Waals surface area contributed by atoms with E-state index in [0.29, 0.717) is 17.0 Å². The predicted octanol–water partition coefficient (Wildman–Crippen LogP) is 0.420. The maximum Gasteiger partial charge on any atom is 0.153 e. The fourth-order valence-electron chi connectivity index (χ4n) is 1.40. The van der Waals surface area contributed by atoms with E-state index in [-0.39, 0.29) is 13.2 Å². The van der Waals surface area contributed by atoms with Gasteiger partial charge in [0.2, 0.25) is 0 Å². The van der Waals surface area contributed by atoms with Crippen LogP contribution in [0.25, 0.3) is 0 Å². The van der Waals surface area contributed by atoms with E-state index in [1.165, 1.54) is 0 Å². The van der Waals surface area contributed by atoms with Gasteiger partial charge in [0.15, 0.2) is 11.9 Å². The summed E-state index contributed by atoms with van der Waals surface area (Å²) < 4.78 is 4.93. The van der Waals surface area contributed by atoms with Gasteiger partial charge in [-0.1, -0.05) is 0 Å². The maximum atomic E-state index is 10.5. The summed E-state index contributed by atoms with van der Waals surface area (Å²) in [4.78, 5) is 14.7. The lowest BCUT2D eigenvalue weighted by atomic mass is 9.96. The molecule has 1 fully saturated rings. The molecular formula is C10H11NO3. The first-order chi connectivity index (χ1) is 6.65. The topological polar surface area (TPSA) is 59.4 Å². The van der Waals surface area contributed by atoms with Gasteiger partial charge in [0, 0.05) is 11.3 Å². The van der Waals surface area contributed by atoms with Crippen LogP contribution in [0.5, 0.6) is 0 Å². The molecule has 0 radical (unpaired) electrons. The monoisotopic (exact) mass is 193 g/mol. The Hall–Kier alpha value is -1.26. The van der Waals surface area contributed by atoms with Gasteiger partial charge >= 0.3 is 0 Å². The molecule has 0 atom stereocenters. The van der Waals surface area contributed by atoms with Crippen molar-refractivity contribution in [3.63, 3.8) is 0 Å². The SMILES string of the molecule is Cc1nc(C2(O)COC2)ccc1C=O. The van der Waals surface area contributed by atoms with Gasteiger partial charge in [-0.05, 0) is 19.1 Å². The Bertz CT molecular complexity index is 372. The van der Waals surface area contributed by atoms with Crippen molar-refractivity contribution in [2.75, 3.05) is 13.2 Å². The highest BCUT2D eigenvalue weighted by Crippen LogP contribution is 2.27. The quantitative estimate of drug-likeness (QED) is 0.691. The molecule has 1 saturated heterocycles. The van der Waals surface area contributed by atoms with E-state index in [2.05, 4.69) is 4.98 Å². The smallest absolute Gasteiger partial charge is 0.153 e. The third kappa shape index (κ3) is 1.32. The van der Waals surface area contributed by atoms with Crippen LogP contribution >= 0.6 is 0 Å². The molecule has 4 heteroatoms. The highest BCUT2D eigenvalue weighted by molar-refractivity contribution is 5.76. The molecule has 1 aromatic heterocycles. The molecule has 1 aliphatic rings. The lowest BCUT2D eigenvalue weighted by Gasteiger charge is -2.35. The maximum absolute atomic E-state index is 10.5. The number of aldehydes is 1. The van der Waals surface area contributed by atoms with Crippen molar-refractivity contribution in [2.45, 2.75) is 12.5 Å². The van der Waals surface area contributed by atoms with E-state index in [9.17, 15) is 9.90 Å². The Morgan fingerprint density at radius 1 is 1.57 bits per heavy atom. The fourth-order valence-corrected chi connectivity index (χ4v) is 1.40. The Morgan fingerprint density at radius 2 is 2.29 bits per heavy atom. The van der Waals surface area contributed by atoms with Crippen LogP contribution in [0.1, 0.15) is 21.7 Å². The van der Waals surface area contributed by atoms with E-state index in [0.717, 1.165) is 6.29 Å². The van der Waals surface area contributed by atoms with Crippen LogP contribution in [0, 0.1) is 6.92 Å². The van der Waals surface area contributed by atoms with Crippen LogP contribution in [-0.2, 0) is 10.3 Å². The number of ether oxygens (including phenoxy) is 1. The molecule has 0 bridgehead atoms. The van der Waals surface area contributed by atoms with Crippen molar-refractivity contribution in [3.8, 4) is 0 Å². The Labute approximate surface area is 81.5 Å². The first-order valence-corrected chi connectivity index (χ1v) is 4.39. The van der Waals surface area contributed by atoms with Gasteiger partial charge in [-0.2, -0.15) is 0 Å². The zero-order valence-electron chi connectivity index (χ0n) is 7.86. The van der Waals surface area contributed by atoms with Crippen LogP contribution in [0.4, 0.5) is 0 Å². The van der Waals surface area contributed by atoms with E-state index < -0.39 is 5.60 Å². The molecule has 14 heavy (non-hydrogen) atoms. The summed E-state index contributed by atoms with van der Waals surface area (Å²) in [6.07, 6.45) is 0.757. The van der Waals surface area contributed by atoms with Crippen LogP contribution < -0.4 is 0 Å². The summed E-state index contributed by atoms with van der Waals surface area (Å²) in [5, 5.41) is 9.89. The first kappa shape index (κ1) is 9.30. The normalized spacial score (nSPS) is 18.7. The van der Waals surface area contributed by atoms with Gasteiger partial charge in [0.1, 0.15) is 0 Å². The number of pyridine rings is 1. The van der Waals surface area contributed by atoms with Gasteiger partial charge in [0.05, 0.1) is 18.9 Å². The molecule has 1 N–H and O–H groups in total. The minimum atomic E-state index is -0.952. The summed E-state index contributed by atoms with van der Waals surface area (Å²) in [7, 11) is 0. The summed E-state index contributed by atoms with van der Waals surface area (Å²) in [5.74, 6) is 0. The van der Waals surface area contributed by atoms with Crippen molar-refractivity contribution in [3.05, 3.63) is 29.1 Å². The number of hydrogen-bond donors (Lipinski definition) is 1. The largest absolute Gasteiger partial charge is 0.379 e. The second kappa shape index (κ2) is 3.15. The second-order valence-corrected chi connectivity index (χ2v) is 3.51. The van der Waals surface area contributed by atoms with Crippen LogP contribution in [0.3, 0.4) is 0 Å². The molecule has 0 unspecified atom stereocenters. The highest BCUT2D eigenvalue weighted by atomic mass is 16.5. The number of carbonyl (C=O) groups excluding carboxylic acids is 1. The molecule has 0 saturated carbocycles. The number of aromatic nitrogens is 1. The van der Waals surface area contributed by atoms with E-state index in [4.69, 9.17) is 4.74 Å². The number of nitrogens with zero attached hydrogens (tertiary/aromatic N) is 1. The summed E-state index contributed by atoms with van der Waals surface area (Å²) >= 11 is 0. The van der Waals surface area contributed by atoms with Gasteiger partial charge in [-0.25, -0.2) is 0 Å². The zero-order valence-corrected chi connectivity index (χ0v) is 7.86. The molecule has 4 nitrogen and oxygen atoms in total. The van der Waals surface area contributed by atoms with Crippen LogP contribution in [0.2, 0.25) is 0 Å². The van der Waals surface area contributed by atoms with E-state index in [1.54, 1.807) is 19.1 Å². The van der Waals surface area contributed by atoms with Crippen molar-refractivity contribution < 1.29 is 14.6 Å². The molecule has 0 aromatic carbocycles. The fraction of sp³-hybridized carbons (Fsp3) is 0.400. The number of aryl methyl sites for hydroxylation is 1. The Kier molecular flexibility index (Phi) is 2.09. The standard InChI is InChI=1S/C10H11NO3/c1-7-8(4-12)2-3-9(11-7)10(13)5-14-6-10/h2-4,13H,5-6H2,1H3. The molecule has 2 rings (SSSR count). The molecule has 0 aliphatic carbocycles. The van der Waals surface area contributed by atoms with Gasteiger partial charge in [-0.3, -0.25) is 9.78 Å². The van der Waals surface area contributed by atoms with Gasteiger partial charge in [-0.15, -0.1) is 0 Å². The van der Waals surface area contributed by atoms with Crippen molar-refractivity contribution in [2.24, 2.45) is 0 Å². The number of hydrogen-bond acceptors (Lipinski definition) is 4. The third-order valence-electron chi connectivity index (χ3n) is 2.41. The molecule has 0 amide bonds. The van der Waals surface area contributed by atoms with E-state index in [1.807, 2.05) is 0 Å². The Morgan fingerprint density at radius 3 is 2.71 bits per heavy atom. The molecule has 1 aromatic rings. The van der Waals surface area contributed by atoms with Gasteiger partial charge < -0.3 is 9.84 Å². The average Bonchev–Trinajstić information content (AvgIpc) is 2.14. The van der Waals surface area contributed by atoms with Gasteiger partial charge in [0.25, 0.3) is 0 Å². The van der Waals surface area contributed by atoms with Crippen molar-refractivity contribution in [1.82, 2.24) is 4.98 Å². The van der Waals surface area contributed by atoms with E-state index >= 15 is 0 Å². The lowest BCUT2D eigenvalue weighted by molar-refractivity contribution is -0.186. The third-order valence-corrected chi connectivity index (χ3v) is 2.41. The molecule has 2 heterocycles. The first-order valence-electron chi connectivity index (χ1n) is 4.39.